The molecule has 7 aromatic rings. The lowest BCUT2D eigenvalue weighted by Gasteiger charge is -2.32. The zero-order chi connectivity index (χ0) is 35.9. The maximum Gasteiger partial charge on any atom is 0.318 e. The van der Waals surface area contributed by atoms with Crippen molar-refractivity contribution < 1.29 is 23.8 Å². The predicted molar refractivity (Wildman–Crippen MR) is 211 cm³/mol. The molecule has 0 spiro atoms. The molecule has 262 valence electrons. The highest BCUT2D eigenvalue weighted by Gasteiger charge is 2.38. The van der Waals surface area contributed by atoms with E-state index in [1.807, 2.05) is 84.9 Å². The number of esters is 2. The van der Waals surface area contributed by atoms with Crippen LogP contribution in [0.3, 0.4) is 0 Å². The Balaban J connectivity index is 0.997. The Kier molecular flexibility index (Phi) is 8.77. The standard InChI is InChI=1S/C46H36O5S2/c1-46(25-24-29-22-23-41-35(26-29)30-12-4-9-19-38(30)52-41,27-49-44(47)42-31-13-2-7-17-36(31)51-37-18-8-3-14-32(37)42)28-50-45(48)43-33-15-5-10-20-39(33)53-40-21-11-6-16-34(40)43/h2-23,26,42-43H,24-25,27-28H2,1H3. The fraction of sp³-hybridized carbons (Fsp3) is 0.174. The minimum atomic E-state index is -0.677. The molecule has 0 fully saturated rings. The number of ether oxygens (including phenoxy) is 3. The third kappa shape index (κ3) is 6.38. The van der Waals surface area contributed by atoms with E-state index in [2.05, 4.69) is 61.5 Å². The van der Waals surface area contributed by atoms with Gasteiger partial charge in [-0.05, 0) is 72.0 Å². The van der Waals surface area contributed by atoms with Crippen molar-refractivity contribution in [1.29, 1.82) is 0 Å². The van der Waals surface area contributed by atoms with Gasteiger partial charge in [-0.15, -0.1) is 11.3 Å². The summed E-state index contributed by atoms with van der Waals surface area (Å²) in [5.41, 5.74) is 3.94. The molecule has 0 bridgehead atoms. The second-order valence-corrected chi connectivity index (χ2v) is 16.3. The van der Waals surface area contributed by atoms with Gasteiger partial charge < -0.3 is 14.2 Å². The quantitative estimate of drug-likeness (QED) is 0.138. The molecule has 0 amide bonds. The molecular weight excluding hydrogens is 697 g/mol. The number of fused-ring (bicyclic) bond motifs is 7. The Morgan fingerprint density at radius 3 is 1.75 bits per heavy atom. The second kappa shape index (κ2) is 13.9. The summed E-state index contributed by atoms with van der Waals surface area (Å²) < 4.78 is 21.2. The minimum absolute atomic E-state index is 0.0815. The van der Waals surface area contributed by atoms with Crippen molar-refractivity contribution in [3.8, 4) is 11.5 Å². The molecule has 1 aromatic heterocycles. The van der Waals surface area contributed by atoms with Crippen LogP contribution in [0.2, 0.25) is 0 Å². The monoisotopic (exact) mass is 732 g/mol. The van der Waals surface area contributed by atoms with Gasteiger partial charge in [-0.2, -0.15) is 0 Å². The van der Waals surface area contributed by atoms with Gasteiger partial charge in [0.05, 0.1) is 13.2 Å². The normalized spacial score (nSPS) is 14.7. The van der Waals surface area contributed by atoms with Gasteiger partial charge in [0.15, 0.2) is 0 Å². The number of hydrogen-bond acceptors (Lipinski definition) is 7. The fourth-order valence-electron chi connectivity index (χ4n) is 7.55. The lowest BCUT2D eigenvalue weighted by Crippen LogP contribution is -2.35. The summed E-state index contributed by atoms with van der Waals surface area (Å²) >= 11 is 3.48. The molecule has 0 N–H and O–H groups in total. The van der Waals surface area contributed by atoms with Crippen LogP contribution in [0.1, 0.15) is 53.0 Å². The fourth-order valence-corrected chi connectivity index (χ4v) is 9.77. The molecule has 2 aliphatic heterocycles. The topological polar surface area (TPSA) is 61.8 Å². The number of rotatable bonds is 9. The van der Waals surface area contributed by atoms with Gasteiger partial charge >= 0.3 is 11.9 Å². The van der Waals surface area contributed by atoms with E-state index in [1.165, 1.54) is 25.7 Å². The zero-order valence-electron chi connectivity index (χ0n) is 29.1. The van der Waals surface area contributed by atoms with Crippen LogP contribution < -0.4 is 4.74 Å². The van der Waals surface area contributed by atoms with E-state index in [4.69, 9.17) is 14.2 Å². The molecule has 5 nitrogen and oxygen atoms in total. The van der Waals surface area contributed by atoms with Crippen LogP contribution in [-0.4, -0.2) is 25.2 Å². The molecule has 0 aliphatic carbocycles. The van der Waals surface area contributed by atoms with Gasteiger partial charge in [0.1, 0.15) is 23.3 Å². The Morgan fingerprint density at radius 1 is 0.604 bits per heavy atom. The predicted octanol–water partition coefficient (Wildman–Crippen LogP) is 11.3. The smallest absolute Gasteiger partial charge is 0.318 e. The van der Waals surface area contributed by atoms with Gasteiger partial charge in [-0.25, -0.2) is 0 Å². The van der Waals surface area contributed by atoms with E-state index < -0.39 is 17.3 Å². The largest absolute Gasteiger partial charge is 0.464 e. The third-order valence-corrected chi connectivity index (χ3v) is 12.8. The number of thiophene rings is 1. The number of benzene rings is 6. The first-order valence-electron chi connectivity index (χ1n) is 17.9. The van der Waals surface area contributed by atoms with Crippen LogP contribution in [0.25, 0.3) is 20.2 Å². The highest BCUT2D eigenvalue weighted by molar-refractivity contribution is 7.99. The average Bonchev–Trinajstić information content (AvgIpc) is 3.57. The highest BCUT2D eigenvalue weighted by atomic mass is 32.2. The van der Waals surface area contributed by atoms with E-state index in [1.54, 1.807) is 23.1 Å². The summed E-state index contributed by atoms with van der Waals surface area (Å²) in [5.74, 6) is -0.546. The van der Waals surface area contributed by atoms with Gasteiger partial charge in [-0.1, -0.05) is 116 Å². The van der Waals surface area contributed by atoms with Crippen molar-refractivity contribution in [3.05, 3.63) is 167 Å². The zero-order valence-corrected chi connectivity index (χ0v) is 30.8. The van der Waals surface area contributed by atoms with Crippen molar-refractivity contribution in [2.75, 3.05) is 13.2 Å². The SMILES string of the molecule is CC(CCc1ccc2sc3ccccc3c2c1)(COC(=O)C1c2ccccc2Oc2ccccc21)COC(=O)C1c2ccccc2Sc2ccccc21. The maximum atomic E-state index is 14.2. The Morgan fingerprint density at radius 2 is 1.11 bits per heavy atom. The summed E-state index contributed by atoms with van der Waals surface area (Å²) in [5, 5.41) is 2.50. The Labute approximate surface area is 316 Å². The van der Waals surface area contributed by atoms with Gasteiger partial charge in [-0.3, -0.25) is 9.59 Å². The Hall–Kier alpha value is -5.37. The number of aryl methyl sites for hydroxylation is 1. The van der Waals surface area contributed by atoms with Crippen LogP contribution in [0.5, 0.6) is 11.5 Å². The second-order valence-electron chi connectivity index (χ2n) is 14.2. The van der Waals surface area contributed by atoms with Crippen molar-refractivity contribution in [2.24, 2.45) is 5.41 Å². The Bertz CT molecular complexity index is 2310. The van der Waals surface area contributed by atoms with Crippen molar-refractivity contribution in [1.82, 2.24) is 0 Å². The molecule has 53 heavy (non-hydrogen) atoms. The van der Waals surface area contributed by atoms with Crippen LogP contribution in [-0.2, 0) is 25.5 Å². The summed E-state index contributed by atoms with van der Waals surface area (Å²) in [6.07, 6.45) is 1.36. The van der Waals surface area contributed by atoms with Crippen molar-refractivity contribution in [3.63, 3.8) is 0 Å². The van der Waals surface area contributed by atoms with E-state index in [0.29, 0.717) is 17.9 Å². The van der Waals surface area contributed by atoms with Crippen molar-refractivity contribution >= 4 is 55.2 Å². The first-order chi connectivity index (χ1) is 25.9. The lowest BCUT2D eigenvalue weighted by molar-refractivity contribution is -0.154. The molecule has 1 atom stereocenters. The molecule has 7 heteroatoms. The number of hydrogen-bond donors (Lipinski definition) is 0. The summed E-state index contributed by atoms with van der Waals surface area (Å²) in [6.45, 7) is 2.23. The van der Waals surface area contributed by atoms with E-state index in [0.717, 1.165) is 38.5 Å². The number of carbonyl (C=O) groups is 2. The molecule has 1 unspecified atom stereocenters. The molecule has 3 heterocycles. The molecule has 0 saturated heterocycles. The van der Waals surface area contributed by atoms with E-state index in [9.17, 15) is 9.59 Å². The van der Waals surface area contributed by atoms with E-state index >= 15 is 0 Å². The first-order valence-corrected chi connectivity index (χ1v) is 19.5. The molecule has 9 rings (SSSR count). The minimum Gasteiger partial charge on any atom is -0.464 e. The van der Waals surface area contributed by atoms with Crippen molar-refractivity contribution in [2.45, 2.75) is 41.4 Å². The molecular formula is C46H36O5S2. The summed E-state index contributed by atoms with van der Waals surface area (Å²) in [6, 6.07) is 46.4. The van der Waals surface area contributed by atoms with Gasteiger partial charge in [0.2, 0.25) is 0 Å². The number of para-hydroxylation sites is 2. The third-order valence-electron chi connectivity index (χ3n) is 10.4. The molecule has 0 radical (unpaired) electrons. The average molecular weight is 733 g/mol. The molecule has 6 aromatic carbocycles. The maximum absolute atomic E-state index is 14.2. The van der Waals surface area contributed by atoms with Gasteiger partial charge in [0, 0.05) is 46.5 Å². The summed E-state index contributed by atoms with van der Waals surface area (Å²) in [7, 11) is 0. The highest BCUT2D eigenvalue weighted by Crippen LogP contribution is 2.47. The van der Waals surface area contributed by atoms with E-state index in [-0.39, 0.29) is 25.2 Å². The van der Waals surface area contributed by atoms with Crippen LogP contribution in [0.4, 0.5) is 0 Å². The van der Waals surface area contributed by atoms with Crippen LogP contribution in [0.15, 0.2) is 149 Å². The first kappa shape index (κ1) is 33.5. The molecule has 2 aliphatic rings. The summed E-state index contributed by atoms with van der Waals surface area (Å²) in [4.78, 5) is 30.5. The lowest BCUT2D eigenvalue weighted by atomic mass is 9.84. The van der Waals surface area contributed by atoms with Crippen LogP contribution >= 0.6 is 23.1 Å². The van der Waals surface area contributed by atoms with Crippen LogP contribution in [0, 0.1) is 5.41 Å². The number of carbonyl (C=O) groups excluding carboxylic acids is 2. The van der Waals surface area contributed by atoms with Gasteiger partial charge in [0.25, 0.3) is 0 Å². The molecule has 0 saturated carbocycles.